The van der Waals surface area contributed by atoms with Crippen molar-refractivity contribution >= 4 is 11.9 Å². The monoisotopic (exact) mass is 379 g/mol. The zero-order chi connectivity index (χ0) is 20.3. The third-order valence-corrected chi connectivity index (χ3v) is 4.61. The third kappa shape index (κ3) is 5.06. The van der Waals surface area contributed by atoms with Crippen LogP contribution in [0.4, 0.5) is 0 Å². The molecule has 0 aliphatic heterocycles. The molecule has 0 saturated heterocycles. The third-order valence-electron chi connectivity index (χ3n) is 4.61. The number of nitrogens with zero attached hydrogens (tertiary/aromatic N) is 1. The maximum Gasteiger partial charge on any atom is 0.340 e. The summed E-state index contributed by atoms with van der Waals surface area (Å²) < 4.78 is 11.1. The number of aromatic nitrogens is 1. The first-order chi connectivity index (χ1) is 13.3. The van der Waals surface area contributed by atoms with Gasteiger partial charge in [-0.25, -0.2) is 9.59 Å². The van der Waals surface area contributed by atoms with Crippen LogP contribution in [-0.4, -0.2) is 29.1 Å². The van der Waals surface area contributed by atoms with Gasteiger partial charge in [-0.1, -0.05) is 22.3 Å². The van der Waals surface area contributed by atoms with E-state index in [4.69, 9.17) is 9.47 Å². The standard InChI is InChI=1S/C23H25NO4/c1-14-5-15(2)8-20(7-14)27-22(25)18-11-19(13-24-12-18)23(26)28-21-9-16(3)6-17(4)10-21/h7-13,20-21H,5-6H2,1-4H3. The molecule has 0 N–H and O–H groups in total. The number of carbonyl (C=O) groups excluding carboxylic acids is 2. The van der Waals surface area contributed by atoms with E-state index in [2.05, 4.69) is 4.98 Å². The van der Waals surface area contributed by atoms with E-state index in [0.717, 1.165) is 35.1 Å². The molecule has 0 unspecified atom stereocenters. The topological polar surface area (TPSA) is 65.5 Å². The molecule has 0 radical (unpaired) electrons. The van der Waals surface area contributed by atoms with E-state index in [1.165, 1.54) is 18.5 Å². The van der Waals surface area contributed by atoms with Crippen LogP contribution in [0.5, 0.6) is 0 Å². The molecule has 1 heterocycles. The summed E-state index contributed by atoms with van der Waals surface area (Å²) in [5.74, 6) is -1.04. The fourth-order valence-electron chi connectivity index (χ4n) is 3.52. The molecule has 5 nitrogen and oxygen atoms in total. The second-order valence-electron chi connectivity index (χ2n) is 7.61. The summed E-state index contributed by atoms with van der Waals surface area (Å²) in [5, 5.41) is 0. The Kier molecular flexibility index (Phi) is 5.93. The molecule has 0 bridgehead atoms. The summed E-state index contributed by atoms with van der Waals surface area (Å²) in [6, 6.07) is 1.46. The molecule has 28 heavy (non-hydrogen) atoms. The average Bonchev–Trinajstić information content (AvgIpc) is 2.60. The average molecular weight is 379 g/mol. The van der Waals surface area contributed by atoms with E-state index in [0.29, 0.717) is 0 Å². The van der Waals surface area contributed by atoms with Crippen molar-refractivity contribution < 1.29 is 19.1 Å². The van der Waals surface area contributed by atoms with Crippen molar-refractivity contribution in [3.05, 3.63) is 76.2 Å². The molecule has 146 valence electrons. The number of allylic oxidation sites excluding steroid dienone is 4. The molecule has 0 spiro atoms. The lowest BCUT2D eigenvalue weighted by atomic mass is 9.99. The van der Waals surface area contributed by atoms with Gasteiger partial charge >= 0.3 is 11.9 Å². The van der Waals surface area contributed by atoms with Gasteiger partial charge in [-0.05, 0) is 70.9 Å². The molecule has 0 aromatic carbocycles. The van der Waals surface area contributed by atoms with Crippen molar-refractivity contribution in [3.8, 4) is 0 Å². The SMILES string of the molecule is CC1=CC(OC(=O)c2cncc(C(=O)OC3C=C(C)CC(C)=C3)c2)C=C(C)C1. The number of esters is 2. The first-order valence-electron chi connectivity index (χ1n) is 9.36. The van der Waals surface area contributed by atoms with Gasteiger partial charge in [0.15, 0.2) is 0 Å². The molecular weight excluding hydrogens is 354 g/mol. The highest BCUT2D eigenvalue weighted by Gasteiger charge is 2.20. The Morgan fingerprint density at radius 1 is 0.750 bits per heavy atom. The second-order valence-corrected chi connectivity index (χ2v) is 7.61. The molecule has 0 fully saturated rings. The predicted octanol–water partition coefficient (Wildman–Crippen LogP) is 4.73. The zero-order valence-corrected chi connectivity index (χ0v) is 16.7. The van der Waals surface area contributed by atoms with Gasteiger partial charge in [0, 0.05) is 12.4 Å². The Labute approximate surface area is 165 Å². The normalized spacial score (nSPS) is 17.9. The van der Waals surface area contributed by atoms with E-state index in [1.807, 2.05) is 52.0 Å². The van der Waals surface area contributed by atoms with Gasteiger partial charge in [0.1, 0.15) is 12.2 Å². The Balaban J connectivity index is 1.69. The number of ether oxygens (including phenoxy) is 2. The van der Waals surface area contributed by atoms with Crippen LogP contribution in [0, 0.1) is 0 Å². The lowest BCUT2D eigenvalue weighted by Gasteiger charge is -2.18. The number of pyridine rings is 1. The second kappa shape index (κ2) is 8.38. The van der Waals surface area contributed by atoms with E-state index in [1.54, 1.807) is 0 Å². The lowest BCUT2D eigenvalue weighted by Crippen LogP contribution is -2.19. The highest BCUT2D eigenvalue weighted by Crippen LogP contribution is 2.22. The lowest BCUT2D eigenvalue weighted by molar-refractivity contribution is 0.0457. The van der Waals surface area contributed by atoms with Crippen LogP contribution in [0.3, 0.4) is 0 Å². The number of rotatable bonds is 4. The maximum absolute atomic E-state index is 12.5. The number of hydrogen-bond donors (Lipinski definition) is 0. The van der Waals surface area contributed by atoms with E-state index in [9.17, 15) is 9.59 Å². The van der Waals surface area contributed by atoms with Crippen molar-refractivity contribution in [2.24, 2.45) is 0 Å². The highest BCUT2D eigenvalue weighted by molar-refractivity contribution is 5.95. The Morgan fingerprint density at radius 3 is 1.46 bits per heavy atom. The largest absolute Gasteiger partial charge is 0.450 e. The van der Waals surface area contributed by atoms with Gasteiger partial charge in [0.05, 0.1) is 11.1 Å². The van der Waals surface area contributed by atoms with Crippen molar-refractivity contribution in [1.29, 1.82) is 0 Å². The van der Waals surface area contributed by atoms with Gasteiger partial charge in [0.2, 0.25) is 0 Å². The minimum absolute atomic E-state index is 0.221. The fraction of sp³-hybridized carbons (Fsp3) is 0.348. The van der Waals surface area contributed by atoms with Gasteiger partial charge in [0.25, 0.3) is 0 Å². The first-order valence-corrected chi connectivity index (χ1v) is 9.36. The van der Waals surface area contributed by atoms with Crippen molar-refractivity contribution in [1.82, 2.24) is 4.98 Å². The zero-order valence-electron chi connectivity index (χ0n) is 16.7. The highest BCUT2D eigenvalue weighted by atomic mass is 16.5. The van der Waals surface area contributed by atoms with E-state index >= 15 is 0 Å². The Bertz CT molecular complexity index is 813. The molecule has 0 saturated carbocycles. The summed E-state index contributed by atoms with van der Waals surface area (Å²) in [4.78, 5) is 29.0. The predicted molar refractivity (Wildman–Crippen MR) is 107 cm³/mol. The molecule has 0 atom stereocenters. The Morgan fingerprint density at radius 2 is 1.11 bits per heavy atom. The summed E-state index contributed by atoms with van der Waals surface area (Å²) >= 11 is 0. The fourth-order valence-corrected chi connectivity index (χ4v) is 3.52. The molecular formula is C23H25NO4. The Hall–Kier alpha value is -2.95. The van der Waals surface area contributed by atoms with Crippen LogP contribution >= 0.6 is 0 Å². The molecule has 5 heteroatoms. The summed E-state index contributed by atoms with van der Waals surface area (Å²) in [5.41, 5.74) is 5.08. The molecule has 2 aliphatic rings. The first kappa shape index (κ1) is 19.8. The van der Waals surface area contributed by atoms with Crippen LogP contribution < -0.4 is 0 Å². The molecule has 1 aromatic heterocycles. The van der Waals surface area contributed by atoms with E-state index < -0.39 is 24.1 Å². The summed E-state index contributed by atoms with van der Waals surface area (Å²) in [6.45, 7) is 8.03. The quantitative estimate of drug-likeness (QED) is 0.559. The molecule has 1 aromatic rings. The van der Waals surface area contributed by atoms with Crippen LogP contribution in [0.1, 0.15) is 61.3 Å². The van der Waals surface area contributed by atoms with Crippen molar-refractivity contribution in [2.75, 3.05) is 0 Å². The van der Waals surface area contributed by atoms with Gasteiger partial charge in [-0.3, -0.25) is 4.98 Å². The van der Waals surface area contributed by atoms with Crippen LogP contribution in [-0.2, 0) is 9.47 Å². The smallest absolute Gasteiger partial charge is 0.340 e. The minimum Gasteiger partial charge on any atom is -0.450 e. The van der Waals surface area contributed by atoms with Crippen LogP contribution in [0.2, 0.25) is 0 Å². The van der Waals surface area contributed by atoms with Gasteiger partial charge in [-0.15, -0.1) is 0 Å². The number of hydrogen-bond acceptors (Lipinski definition) is 5. The summed E-state index contributed by atoms with van der Waals surface area (Å²) in [7, 11) is 0. The maximum atomic E-state index is 12.5. The van der Waals surface area contributed by atoms with Gasteiger partial charge < -0.3 is 9.47 Å². The van der Waals surface area contributed by atoms with Crippen molar-refractivity contribution in [3.63, 3.8) is 0 Å². The van der Waals surface area contributed by atoms with E-state index in [-0.39, 0.29) is 11.1 Å². The van der Waals surface area contributed by atoms with Crippen LogP contribution in [0.25, 0.3) is 0 Å². The molecule has 3 rings (SSSR count). The molecule has 2 aliphatic carbocycles. The van der Waals surface area contributed by atoms with Crippen LogP contribution in [0.15, 0.2) is 65.1 Å². The molecule has 0 amide bonds. The van der Waals surface area contributed by atoms with Gasteiger partial charge in [-0.2, -0.15) is 0 Å². The minimum atomic E-state index is -0.522. The summed E-state index contributed by atoms with van der Waals surface area (Å²) in [6.07, 6.45) is 11.4. The number of carbonyl (C=O) groups is 2. The van der Waals surface area contributed by atoms with Crippen molar-refractivity contribution in [2.45, 2.75) is 52.7 Å².